The summed E-state index contributed by atoms with van der Waals surface area (Å²) in [5.74, 6) is 1.08. The standard InChI is InChI=1S/C19H34N2O7P2S/c1-6-25-29(23,26-7-2)19(30(24,27-8-3)28-9-4)21-18-13-12-17(15-20-18)11-10-14-31-16(5)22/h12-13,15,19H,6-11,14H2,1-5H3,(H,20,21). The molecule has 0 saturated carbocycles. The van der Waals surface area contributed by atoms with E-state index in [0.29, 0.717) is 5.82 Å². The van der Waals surface area contributed by atoms with Gasteiger partial charge in [-0.1, -0.05) is 17.8 Å². The van der Waals surface area contributed by atoms with Gasteiger partial charge in [-0.25, -0.2) is 4.98 Å². The van der Waals surface area contributed by atoms with Gasteiger partial charge in [0.1, 0.15) is 5.82 Å². The molecular weight excluding hydrogens is 462 g/mol. The minimum Gasteiger partial charge on any atom is -0.346 e. The summed E-state index contributed by atoms with van der Waals surface area (Å²) in [5.41, 5.74) is -0.382. The molecule has 0 radical (unpaired) electrons. The Kier molecular flexibility index (Phi) is 13.2. The molecule has 0 spiro atoms. The lowest BCUT2D eigenvalue weighted by Crippen LogP contribution is -2.26. The summed E-state index contributed by atoms with van der Waals surface area (Å²) in [4.78, 5) is 15.4. The van der Waals surface area contributed by atoms with Gasteiger partial charge in [0.15, 0.2) is 5.12 Å². The fraction of sp³-hybridized carbons (Fsp3) is 0.684. The van der Waals surface area contributed by atoms with Crippen LogP contribution in [0.3, 0.4) is 0 Å². The molecule has 1 rings (SSSR count). The van der Waals surface area contributed by atoms with Crippen LogP contribution in [0.25, 0.3) is 0 Å². The second-order valence-electron chi connectivity index (χ2n) is 6.26. The Bertz CT molecular complexity index is 714. The zero-order valence-electron chi connectivity index (χ0n) is 18.9. The van der Waals surface area contributed by atoms with Crippen molar-refractivity contribution in [3.05, 3.63) is 23.9 Å². The Morgan fingerprint density at radius 3 is 1.90 bits per heavy atom. The summed E-state index contributed by atoms with van der Waals surface area (Å²) < 4.78 is 48.8. The van der Waals surface area contributed by atoms with E-state index in [1.165, 1.54) is 11.8 Å². The smallest absolute Gasteiger partial charge is 0.346 e. The van der Waals surface area contributed by atoms with E-state index in [1.54, 1.807) is 46.9 Å². The van der Waals surface area contributed by atoms with Crippen molar-refractivity contribution in [2.24, 2.45) is 0 Å². The van der Waals surface area contributed by atoms with Crippen molar-refractivity contribution in [3.63, 3.8) is 0 Å². The molecule has 1 aromatic rings. The maximum Gasteiger partial charge on any atom is 0.365 e. The van der Waals surface area contributed by atoms with Gasteiger partial charge in [-0.3, -0.25) is 13.9 Å². The number of anilines is 1. The van der Waals surface area contributed by atoms with Crippen LogP contribution >= 0.6 is 27.0 Å². The molecule has 0 bridgehead atoms. The Morgan fingerprint density at radius 2 is 1.52 bits per heavy atom. The molecule has 0 atom stereocenters. The number of aromatic nitrogens is 1. The first-order valence-corrected chi connectivity index (χ1v) is 14.6. The average Bonchev–Trinajstić information content (AvgIpc) is 2.71. The normalized spacial score (nSPS) is 12.3. The molecule has 9 nitrogen and oxygen atoms in total. The molecule has 31 heavy (non-hydrogen) atoms. The number of hydrogen-bond donors (Lipinski definition) is 1. The maximum absolute atomic E-state index is 13.5. The van der Waals surface area contributed by atoms with Gasteiger partial charge in [0.05, 0.1) is 26.4 Å². The molecular formula is C19H34N2O7P2S. The van der Waals surface area contributed by atoms with E-state index < -0.39 is 20.7 Å². The molecule has 12 heteroatoms. The molecule has 1 aromatic heterocycles. The minimum atomic E-state index is -3.92. The summed E-state index contributed by atoms with van der Waals surface area (Å²) in [5, 5.41) is 3.02. The number of aryl methyl sites for hydroxylation is 1. The maximum atomic E-state index is 13.5. The lowest BCUT2D eigenvalue weighted by atomic mass is 10.2. The van der Waals surface area contributed by atoms with E-state index >= 15 is 0 Å². The zero-order chi connectivity index (χ0) is 23.3. The van der Waals surface area contributed by atoms with Crippen LogP contribution in [-0.2, 0) is 38.4 Å². The summed E-state index contributed by atoms with van der Waals surface area (Å²) >= 11 is 1.30. The third-order valence-corrected chi connectivity index (χ3v) is 10.4. The van der Waals surface area contributed by atoms with Crippen LogP contribution in [0.5, 0.6) is 0 Å². The highest BCUT2D eigenvalue weighted by atomic mass is 32.2. The Hall–Kier alpha value is -0.730. The molecule has 0 saturated heterocycles. The SMILES string of the molecule is CCOP(=O)(OCC)C(Nc1ccc(CCCSC(C)=O)cn1)P(=O)(OCC)OCC. The summed E-state index contributed by atoms with van der Waals surface area (Å²) in [6.07, 6.45) is 3.29. The first kappa shape index (κ1) is 28.3. The first-order valence-electron chi connectivity index (χ1n) is 10.4. The van der Waals surface area contributed by atoms with Gasteiger partial charge >= 0.3 is 15.2 Å². The molecule has 0 amide bonds. The van der Waals surface area contributed by atoms with Gasteiger partial charge in [0.2, 0.25) is 5.52 Å². The van der Waals surface area contributed by atoms with Gasteiger partial charge in [-0.05, 0) is 52.2 Å². The third-order valence-electron chi connectivity index (χ3n) is 3.85. The van der Waals surface area contributed by atoms with Crippen molar-refractivity contribution in [3.8, 4) is 0 Å². The molecule has 0 aromatic carbocycles. The topological polar surface area (TPSA) is 113 Å². The number of nitrogens with one attached hydrogen (secondary N) is 1. The van der Waals surface area contributed by atoms with Crippen molar-refractivity contribution >= 4 is 37.9 Å². The average molecular weight is 497 g/mol. The number of hydrogen-bond acceptors (Lipinski definition) is 10. The van der Waals surface area contributed by atoms with Crippen molar-refractivity contribution in [1.29, 1.82) is 0 Å². The molecule has 178 valence electrons. The number of rotatable bonds is 16. The van der Waals surface area contributed by atoms with Crippen LogP contribution in [0, 0.1) is 0 Å². The quantitative estimate of drug-likeness (QED) is 0.232. The summed E-state index contributed by atoms with van der Waals surface area (Å²) in [7, 11) is -7.84. The number of carbonyl (C=O) groups is 1. The summed E-state index contributed by atoms with van der Waals surface area (Å²) in [6, 6.07) is 3.56. The van der Waals surface area contributed by atoms with E-state index in [2.05, 4.69) is 10.3 Å². The molecule has 0 unspecified atom stereocenters. The number of nitrogens with zero attached hydrogens (tertiary/aromatic N) is 1. The molecule has 1 N–H and O–H groups in total. The fourth-order valence-electron chi connectivity index (χ4n) is 2.69. The van der Waals surface area contributed by atoms with Crippen molar-refractivity contribution in [2.45, 2.75) is 53.0 Å². The zero-order valence-corrected chi connectivity index (χ0v) is 21.5. The number of carbonyl (C=O) groups excluding carboxylic acids is 1. The first-order chi connectivity index (χ1) is 14.7. The van der Waals surface area contributed by atoms with Crippen LogP contribution in [0.4, 0.5) is 5.82 Å². The number of pyridine rings is 1. The van der Waals surface area contributed by atoms with Crippen molar-refractivity contribution in [2.75, 3.05) is 37.5 Å². The van der Waals surface area contributed by atoms with Crippen LogP contribution in [0.15, 0.2) is 18.3 Å². The molecule has 1 heterocycles. The van der Waals surface area contributed by atoms with E-state index in [1.807, 2.05) is 6.07 Å². The second-order valence-corrected chi connectivity index (χ2v) is 12.2. The minimum absolute atomic E-state index is 0.0956. The van der Waals surface area contributed by atoms with Crippen LogP contribution in [0.2, 0.25) is 0 Å². The van der Waals surface area contributed by atoms with Gasteiger partial charge in [-0.15, -0.1) is 0 Å². The van der Waals surface area contributed by atoms with Gasteiger partial charge in [-0.2, -0.15) is 0 Å². The largest absolute Gasteiger partial charge is 0.365 e. The lowest BCUT2D eigenvalue weighted by Gasteiger charge is -2.32. The fourth-order valence-corrected chi connectivity index (χ4v) is 8.19. The van der Waals surface area contributed by atoms with Crippen LogP contribution in [0.1, 0.15) is 46.6 Å². The predicted octanol–water partition coefficient (Wildman–Crippen LogP) is 5.52. The molecule has 0 fully saturated rings. The molecule has 0 aliphatic rings. The monoisotopic (exact) mass is 496 g/mol. The Labute approximate surface area is 189 Å². The van der Waals surface area contributed by atoms with E-state index in [4.69, 9.17) is 18.1 Å². The predicted molar refractivity (Wildman–Crippen MR) is 125 cm³/mol. The highest BCUT2D eigenvalue weighted by Crippen LogP contribution is 2.70. The Morgan fingerprint density at radius 1 is 1.00 bits per heavy atom. The van der Waals surface area contributed by atoms with E-state index in [0.717, 1.165) is 24.2 Å². The third kappa shape index (κ3) is 9.34. The number of thioether (sulfide) groups is 1. The van der Waals surface area contributed by atoms with E-state index in [9.17, 15) is 13.9 Å². The van der Waals surface area contributed by atoms with Crippen LogP contribution < -0.4 is 5.32 Å². The van der Waals surface area contributed by atoms with E-state index in [-0.39, 0.29) is 31.5 Å². The molecule has 0 aliphatic heterocycles. The van der Waals surface area contributed by atoms with Crippen molar-refractivity contribution < 1.29 is 32.0 Å². The highest BCUT2D eigenvalue weighted by molar-refractivity contribution is 8.13. The lowest BCUT2D eigenvalue weighted by molar-refractivity contribution is -0.109. The van der Waals surface area contributed by atoms with Gasteiger partial charge in [0, 0.05) is 18.9 Å². The van der Waals surface area contributed by atoms with Crippen LogP contribution in [-0.4, -0.2) is 47.8 Å². The van der Waals surface area contributed by atoms with Gasteiger partial charge < -0.3 is 23.4 Å². The van der Waals surface area contributed by atoms with Gasteiger partial charge in [0.25, 0.3) is 0 Å². The highest BCUT2D eigenvalue weighted by Gasteiger charge is 2.51. The van der Waals surface area contributed by atoms with Crippen molar-refractivity contribution in [1.82, 2.24) is 4.98 Å². The molecule has 0 aliphatic carbocycles. The second kappa shape index (κ2) is 14.4. The Balaban J connectivity index is 3.10. The summed E-state index contributed by atoms with van der Waals surface area (Å²) in [6.45, 7) is 8.63.